The van der Waals surface area contributed by atoms with Crippen LogP contribution in [0.15, 0.2) is 36.4 Å². The molecule has 1 nitrogen and oxygen atoms in total. The standard InChI is InChI=1S/C13H15N.ClH/c1-2-4-10(5-3-1)11-8-12-6-7-13(9-11)14-12;/h1-5,8,12-14H,6-7,9H2;1H. The molecule has 1 saturated heterocycles. The summed E-state index contributed by atoms with van der Waals surface area (Å²) in [6.45, 7) is 0. The maximum Gasteiger partial charge on any atom is 0.0259 e. The normalized spacial score (nSPS) is 28.1. The van der Waals surface area contributed by atoms with Gasteiger partial charge in [0.05, 0.1) is 0 Å². The molecule has 2 atom stereocenters. The molecular formula is C13H16ClN. The minimum Gasteiger partial charge on any atom is -0.307 e. The van der Waals surface area contributed by atoms with Crippen LogP contribution < -0.4 is 5.32 Å². The fourth-order valence-electron chi connectivity index (χ4n) is 2.59. The third-order valence-electron chi connectivity index (χ3n) is 3.29. The van der Waals surface area contributed by atoms with Crippen molar-refractivity contribution in [1.29, 1.82) is 0 Å². The Balaban J connectivity index is 0.000000853. The largest absolute Gasteiger partial charge is 0.307 e. The highest BCUT2D eigenvalue weighted by molar-refractivity contribution is 5.85. The highest BCUT2D eigenvalue weighted by atomic mass is 35.5. The zero-order valence-electron chi connectivity index (χ0n) is 8.65. The minimum absolute atomic E-state index is 0. The van der Waals surface area contributed by atoms with E-state index in [2.05, 4.69) is 41.7 Å². The van der Waals surface area contributed by atoms with Crippen molar-refractivity contribution in [2.24, 2.45) is 0 Å². The first-order valence-electron chi connectivity index (χ1n) is 5.44. The summed E-state index contributed by atoms with van der Waals surface area (Å²) in [7, 11) is 0. The van der Waals surface area contributed by atoms with E-state index in [9.17, 15) is 0 Å². The molecule has 2 aliphatic heterocycles. The summed E-state index contributed by atoms with van der Waals surface area (Å²) >= 11 is 0. The van der Waals surface area contributed by atoms with Crippen LogP contribution in [-0.4, -0.2) is 12.1 Å². The van der Waals surface area contributed by atoms with Gasteiger partial charge in [0.2, 0.25) is 0 Å². The monoisotopic (exact) mass is 221 g/mol. The molecule has 2 unspecified atom stereocenters. The smallest absolute Gasteiger partial charge is 0.0259 e. The number of benzene rings is 1. The zero-order chi connectivity index (χ0) is 9.38. The summed E-state index contributed by atoms with van der Waals surface area (Å²) in [4.78, 5) is 0. The molecule has 1 N–H and O–H groups in total. The van der Waals surface area contributed by atoms with E-state index in [-0.39, 0.29) is 12.4 Å². The van der Waals surface area contributed by atoms with E-state index in [4.69, 9.17) is 0 Å². The van der Waals surface area contributed by atoms with Crippen molar-refractivity contribution < 1.29 is 0 Å². The number of nitrogens with one attached hydrogen (secondary N) is 1. The molecule has 0 radical (unpaired) electrons. The van der Waals surface area contributed by atoms with Crippen LogP contribution >= 0.6 is 12.4 Å². The van der Waals surface area contributed by atoms with Gasteiger partial charge in [-0.2, -0.15) is 0 Å². The topological polar surface area (TPSA) is 12.0 Å². The molecule has 2 heteroatoms. The first-order valence-corrected chi connectivity index (χ1v) is 5.44. The van der Waals surface area contributed by atoms with Gasteiger partial charge in [0.1, 0.15) is 0 Å². The Hall–Kier alpha value is -0.790. The van der Waals surface area contributed by atoms with Crippen LogP contribution in [0.3, 0.4) is 0 Å². The fourth-order valence-corrected chi connectivity index (χ4v) is 2.59. The van der Waals surface area contributed by atoms with Crippen LogP contribution in [0.4, 0.5) is 0 Å². The van der Waals surface area contributed by atoms with E-state index in [1.54, 1.807) is 0 Å². The van der Waals surface area contributed by atoms with Crippen molar-refractivity contribution in [3.63, 3.8) is 0 Å². The van der Waals surface area contributed by atoms with E-state index >= 15 is 0 Å². The Morgan fingerprint density at radius 1 is 1.07 bits per heavy atom. The van der Waals surface area contributed by atoms with Gasteiger partial charge in [-0.05, 0) is 30.4 Å². The molecule has 3 rings (SSSR count). The van der Waals surface area contributed by atoms with Crippen LogP contribution in [0.1, 0.15) is 24.8 Å². The molecule has 1 fully saturated rings. The van der Waals surface area contributed by atoms with Crippen molar-refractivity contribution >= 4 is 18.0 Å². The first kappa shape index (κ1) is 10.7. The van der Waals surface area contributed by atoms with Crippen LogP contribution in [-0.2, 0) is 0 Å². The molecule has 0 aromatic heterocycles. The summed E-state index contributed by atoms with van der Waals surface area (Å²) < 4.78 is 0. The minimum atomic E-state index is 0. The predicted octanol–water partition coefficient (Wildman–Crippen LogP) is 3.02. The van der Waals surface area contributed by atoms with Gasteiger partial charge in [0, 0.05) is 12.1 Å². The Kier molecular flexibility index (Phi) is 3.13. The number of hydrogen-bond acceptors (Lipinski definition) is 1. The first-order chi connectivity index (χ1) is 6.92. The molecule has 15 heavy (non-hydrogen) atoms. The summed E-state index contributed by atoms with van der Waals surface area (Å²) in [5.41, 5.74) is 2.95. The van der Waals surface area contributed by atoms with E-state index in [0.717, 1.165) is 6.04 Å². The quantitative estimate of drug-likeness (QED) is 0.769. The van der Waals surface area contributed by atoms with E-state index < -0.39 is 0 Å². The van der Waals surface area contributed by atoms with Crippen molar-refractivity contribution in [1.82, 2.24) is 5.32 Å². The summed E-state index contributed by atoms with van der Waals surface area (Å²) in [6.07, 6.45) is 6.29. The van der Waals surface area contributed by atoms with Gasteiger partial charge < -0.3 is 5.32 Å². The highest BCUT2D eigenvalue weighted by Crippen LogP contribution is 2.31. The molecule has 0 aliphatic carbocycles. The lowest BCUT2D eigenvalue weighted by Gasteiger charge is -2.21. The van der Waals surface area contributed by atoms with Crippen LogP contribution in [0, 0.1) is 0 Å². The number of halogens is 1. The lowest BCUT2D eigenvalue weighted by Crippen LogP contribution is -2.31. The maximum atomic E-state index is 3.61. The van der Waals surface area contributed by atoms with Crippen LogP contribution in [0.5, 0.6) is 0 Å². The molecule has 2 heterocycles. The summed E-state index contributed by atoms with van der Waals surface area (Å²) in [5.74, 6) is 0. The molecule has 1 aromatic rings. The molecule has 80 valence electrons. The fraction of sp³-hybridized carbons (Fsp3) is 0.385. The van der Waals surface area contributed by atoms with Crippen molar-refractivity contribution in [2.45, 2.75) is 31.3 Å². The van der Waals surface area contributed by atoms with Gasteiger partial charge in [-0.25, -0.2) is 0 Å². The van der Waals surface area contributed by atoms with Gasteiger partial charge in [-0.3, -0.25) is 0 Å². The SMILES string of the molecule is C1=C(c2ccccc2)CC2CCC1N2.Cl. The molecule has 0 saturated carbocycles. The lowest BCUT2D eigenvalue weighted by atomic mass is 9.96. The lowest BCUT2D eigenvalue weighted by molar-refractivity contribution is 0.575. The third kappa shape index (κ3) is 2.09. The summed E-state index contributed by atoms with van der Waals surface area (Å²) in [5, 5.41) is 3.61. The molecule has 1 aromatic carbocycles. The van der Waals surface area contributed by atoms with Crippen molar-refractivity contribution in [3.8, 4) is 0 Å². The molecule has 2 aliphatic rings. The van der Waals surface area contributed by atoms with Gasteiger partial charge in [-0.15, -0.1) is 12.4 Å². The summed E-state index contributed by atoms with van der Waals surface area (Å²) in [6, 6.07) is 12.1. The Labute approximate surface area is 97.0 Å². The average molecular weight is 222 g/mol. The van der Waals surface area contributed by atoms with Gasteiger partial charge in [-0.1, -0.05) is 36.4 Å². The highest BCUT2D eigenvalue weighted by Gasteiger charge is 2.27. The van der Waals surface area contributed by atoms with Gasteiger partial charge >= 0.3 is 0 Å². The van der Waals surface area contributed by atoms with Gasteiger partial charge in [0.15, 0.2) is 0 Å². The Bertz CT molecular complexity index is 358. The molecule has 2 bridgehead atoms. The predicted molar refractivity (Wildman–Crippen MR) is 66.2 cm³/mol. The zero-order valence-corrected chi connectivity index (χ0v) is 9.46. The van der Waals surface area contributed by atoms with Crippen molar-refractivity contribution in [3.05, 3.63) is 42.0 Å². The molecule has 0 spiro atoms. The Morgan fingerprint density at radius 3 is 2.60 bits per heavy atom. The van der Waals surface area contributed by atoms with Crippen molar-refractivity contribution in [2.75, 3.05) is 0 Å². The van der Waals surface area contributed by atoms with Gasteiger partial charge in [0.25, 0.3) is 0 Å². The number of rotatable bonds is 1. The van der Waals surface area contributed by atoms with Crippen LogP contribution in [0.2, 0.25) is 0 Å². The second-order valence-corrected chi connectivity index (χ2v) is 4.31. The molecular weight excluding hydrogens is 206 g/mol. The average Bonchev–Trinajstić information content (AvgIpc) is 2.59. The second-order valence-electron chi connectivity index (χ2n) is 4.31. The number of fused-ring (bicyclic) bond motifs is 2. The maximum absolute atomic E-state index is 3.61. The second kappa shape index (κ2) is 4.38. The van der Waals surface area contributed by atoms with E-state index in [0.29, 0.717) is 6.04 Å². The number of hydrogen-bond donors (Lipinski definition) is 1. The van der Waals surface area contributed by atoms with E-state index in [1.165, 1.54) is 30.4 Å². The van der Waals surface area contributed by atoms with E-state index in [1.807, 2.05) is 0 Å². The molecule has 0 amide bonds. The van der Waals surface area contributed by atoms with Crippen LogP contribution in [0.25, 0.3) is 5.57 Å². The third-order valence-corrected chi connectivity index (χ3v) is 3.29. The Morgan fingerprint density at radius 2 is 1.87 bits per heavy atom.